The van der Waals surface area contributed by atoms with Crippen LogP contribution in [0.4, 0.5) is 4.79 Å². The molecule has 0 amide bonds. The number of hydrogen-bond donors (Lipinski definition) is 0. The van der Waals surface area contributed by atoms with E-state index in [9.17, 15) is 0 Å². The molecule has 10 heavy (non-hydrogen) atoms. The van der Waals surface area contributed by atoms with Crippen LogP contribution in [0.5, 0.6) is 0 Å². The zero-order valence-electron chi connectivity index (χ0n) is 6.12. The van der Waals surface area contributed by atoms with Crippen molar-refractivity contribution in [1.29, 1.82) is 0 Å². The van der Waals surface area contributed by atoms with Crippen LogP contribution in [0, 0.1) is 0 Å². The summed E-state index contributed by atoms with van der Waals surface area (Å²) in [7, 11) is 0. The summed E-state index contributed by atoms with van der Waals surface area (Å²) in [6.45, 7) is 0. The van der Waals surface area contributed by atoms with Gasteiger partial charge in [0.1, 0.15) is 0 Å². The van der Waals surface area contributed by atoms with Crippen LogP contribution in [0.1, 0.15) is 0 Å². The zero-order chi connectivity index (χ0) is 6.28. The predicted octanol–water partition coefficient (Wildman–Crippen LogP) is -13.1. The molecule has 0 heterocycles. The molecule has 0 aromatic heterocycles. The van der Waals surface area contributed by atoms with Gasteiger partial charge in [-0.15, -0.1) is 0 Å². The third kappa shape index (κ3) is 433. The van der Waals surface area contributed by atoms with E-state index in [0.717, 1.165) is 0 Å². The Bertz CT molecular complexity index is 63.9. The molecular formula is CAlLi3O5. The number of hydrogen-bond acceptors (Lipinski definition) is 5. The molecule has 0 atom stereocenters. The molecule has 0 aliphatic rings. The molecule has 0 saturated heterocycles. The van der Waals surface area contributed by atoms with Crippen LogP contribution in [0.15, 0.2) is 0 Å². The number of carbonyl (C=O) groups excluding carboxylic acids is 1. The SMILES string of the molecule is O=C([O-])[O-].[Li+].[Li+].[Li+].[O]=[Al][O-]. The molecule has 0 bridgehead atoms. The molecule has 40 valence electrons. The van der Waals surface area contributed by atoms with Crippen LogP contribution in [0.2, 0.25) is 0 Å². The van der Waals surface area contributed by atoms with Gasteiger partial charge in [-0.1, -0.05) is 0 Å². The molecule has 0 aromatic rings. The van der Waals surface area contributed by atoms with E-state index in [2.05, 4.69) is 0 Å². The van der Waals surface area contributed by atoms with Gasteiger partial charge in [0.2, 0.25) is 0 Å². The van der Waals surface area contributed by atoms with Gasteiger partial charge in [-0.2, -0.15) is 0 Å². The normalized spacial score (nSPS) is 3.20. The molecule has 0 unspecified atom stereocenters. The van der Waals surface area contributed by atoms with E-state index in [4.69, 9.17) is 23.0 Å². The quantitative estimate of drug-likeness (QED) is 0.310. The maximum absolute atomic E-state index is 8.46. The molecule has 0 aliphatic carbocycles. The molecule has 0 spiro atoms. The number of carbonyl (C=O) groups is 1. The van der Waals surface area contributed by atoms with E-state index >= 15 is 0 Å². The first-order valence-corrected chi connectivity index (χ1v) is 2.03. The Morgan fingerprint density at radius 3 is 1.10 bits per heavy atom. The molecule has 9 heteroatoms. The molecule has 0 aliphatic heterocycles. The van der Waals surface area contributed by atoms with Crippen LogP contribution >= 0.6 is 0 Å². The third-order valence-electron chi connectivity index (χ3n) is 0. The molecular weight excluding hydrogens is 140 g/mol. The van der Waals surface area contributed by atoms with Gasteiger partial charge in [-0.3, -0.25) is 0 Å². The van der Waals surface area contributed by atoms with Crippen LogP contribution in [0.25, 0.3) is 0 Å². The van der Waals surface area contributed by atoms with Crippen LogP contribution in [-0.2, 0) is 3.80 Å². The van der Waals surface area contributed by atoms with Crippen molar-refractivity contribution in [2.24, 2.45) is 0 Å². The summed E-state index contributed by atoms with van der Waals surface area (Å²) in [6.07, 6.45) is -2.33. The van der Waals surface area contributed by atoms with Crippen molar-refractivity contribution in [3.63, 3.8) is 0 Å². The summed E-state index contributed by atoms with van der Waals surface area (Å²) in [5.41, 5.74) is 0. The first-order valence-electron chi connectivity index (χ1n) is 1.08. The standard InChI is InChI=1S/CH2O3.Al.3Li.2O/c2-1(3)4;;;;;;/h(H2,2,3,4);;;;;;/q;;3*+1;;-1/p-2. The molecule has 0 aromatic carbocycles. The van der Waals surface area contributed by atoms with E-state index in [1.807, 2.05) is 0 Å². The summed E-state index contributed by atoms with van der Waals surface area (Å²) in [6, 6.07) is 0. The maximum atomic E-state index is 8.46. The minimum atomic E-state index is -2.33. The Labute approximate surface area is 100 Å². The van der Waals surface area contributed by atoms with Crippen LogP contribution in [-0.4, -0.2) is 21.6 Å². The minimum absolute atomic E-state index is 0. The number of carboxylic acid groups (broad SMARTS) is 2. The van der Waals surface area contributed by atoms with Crippen LogP contribution < -0.4 is 71.0 Å². The second-order valence-electron chi connectivity index (χ2n) is 0.346. The summed E-state index contributed by atoms with van der Waals surface area (Å²) in [4.78, 5) is 8.33. The van der Waals surface area contributed by atoms with Crippen molar-refractivity contribution in [2.75, 3.05) is 0 Å². The molecule has 5 nitrogen and oxygen atoms in total. The van der Waals surface area contributed by atoms with Gasteiger partial charge >= 0.3 is 80.0 Å². The Balaban J connectivity index is -0.0000000131. The van der Waals surface area contributed by atoms with Crippen molar-refractivity contribution < 1.29 is 79.6 Å². The third-order valence-corrected chi connectivity index (χ3v) is 0. The first-order chi connectivity index (χ1) is 3.15. The summed E-state index contributed by atoms with van der Waals surface area (Å²) in [5.74, 6) is 0. The fourth-order valence-corrected chi connectivity index (χ4v) is 0. The van der Waals surface area contributed by atoms with Crippen molar-refractivity contribution in [1.82, 2.24) is 0 Å². The second kappa shape index (κ2) is 31.9. The number of rotatable bonds is 0. The van der Waals surface area contributed by atoms with Crippen molar-refractivity contribution in [3.05, 3.63) is 0 Å². The zero-order valence-corrected chi connectivity index (χ0v) is 7.27. The Kier molecular flexibility index (Phi) is 96.8. The predicted molar refractivity (Wildman–Crippen MR) is 11.8 cm³/mol. The average molecular weight is 140 g/mol. The second-order valence-corrected chi connectivity index (χ2v) is 0.539. The molecule has 0 N–H and O–H groups in total. The summed E-state index contributed by atoms with van der Waals surface area (Å²) >= 11 is -1.75. The first kappa shape index (κ1) is 30.3. The van der Waals surface area contributed by atoms with Gasteiger partial charge in [0.15, 0.2) is 0 Å². The summed E-state index contributed by atoms with van der Waals surface area (Å²) < 4.78 is 16.9. The molecule has 0 rings (SSSR count). The average Bonchev–Trinajstić information content (AvgIpc) is 1.33. The van der Waals surface area contributed by atoms with Crippen molar-refractivity contribution >= 4 is 21.6 Å². The topological polar surface area (TPSA) is 103 Å². The van der Waals surface area contributed by atoms with E-state index in [1.54, 1.807) is 0 Å². The van der Waals surface area contributed by atoms with Gasteiger partial charge in [0.05, 0.1) is 0 Å². The van der Waals surface area contributed by atoms with E-state index in [1.165, 1.54) is 0 Å². The van der Waals surface area contributed by atoms with Gasteiger partial charge in [0, 0.05) is 0 Å². The Morgan fingerprint density at radius 2 is 1.10 bits per heavy atom. The van der Waals surface area contributed by atoms with Gasteiger partial charge in [-0.25, -0.2) is 0 Å². The van der Waals surface area contributed by atoms with E-state index in [-0.39, 0.29) is 56.6 Å². The van der Waals surface area contributed by atoms with E-state index in [0.29, 0.717) is 0 Å². The molecule has 0 fully saturated rings. The molecule has 0 radical (unpaired) electrons. The van der Waals surface area contributed by atoms with Crippen molar-refractivity contribution in [3.8, 4) is 0 Å². The molecule has 0 saturated carbocycles. The van der Waals surface area contributed by atoms with Gasteiger partial charge in [-0.05, 0) is 6.16 Å². The Morgan fingerprint density at radius 1 is 1.10 bits per heavy atom. The van der Waals surface area contributed by atoms with Gasteiger partial charge in [0.25, 0.3) is 0 Å². The fraction of sp³-hybridized carbons (Fsp3) is 0. The van der Waals surface area contributed by atoms with Crippen LogP contribution in [0.3, 0.4) is 0 Å². The Hall–Kier alpha value is 1.19. The monoisotopic (exact) mass is 140 g/mol. The van der Waals surface area contributed by atoms with Gasteiger partial charge < -0.3 is 15.0 Å². The van der Waals surface area contributed by atoms with E-state index < -0.39 is 21.6 Å². The summed E-state index contributed by atoms with van der Waals surface area (Å²) in [5, 5.41) is 16.7. The van der Waals surface area contributed by atoms with Crippen molar-refractivity contribution in [2.45, 2.75) is 0 Å². The fourth-order valence-electron chi connectivity index (χ4n) is 0.